The molecular formula is C22H20ClNO2S. The van der Waals surface area contributed by atoms with Crippen molar-refractivity contribution in [1.29, 1.82) is 0 Å². The zero-order chi connectivity index (χ0) is 19.0. The first kappa shape index (κ1) is 18.2. The predicted octanol–water partition coefficient (Wildman–Crippen LogP) is 5.87. The number of rotatable bonds is 4. The van der Waals surface area contributed by atoms with Crippen molar-refractivity contribution in [3.63, 3.8) is 0 Å². The van der Waals surface area contributed by atoms with Gasteiger partial charge in [-0.05, 0) is 60.1 Å². The summed E-state index contributed by atoms with van der Waals surface area (Å²) in [5, 5.41) is 11.3. The molecule has 138 valence electrons. The standard InChI is InChI=1S/C22H20ClNO2S/c1-27-19-6-2-5-18-21(19)17(12-14-7-9-16(23)10-8-14)22-15(13-20(25)26)4-3-11-24(18)22/h2,5-10,13H,3-4,11-12H2,1H3,(H,25,26)/b15-13+. The van der Waals surface area contributed by atoms with E-state index in [2.05, 4.69) is 29.0 Å². The third kappa shape index (κ3) is 3.40. The van der Waals surface area contributed by atoms with Gasteiger partial charge < -0.3 is 9.67 Å². The van der Waals surface area contributed by atoms with Crippen LogP contribution in [0, 0.1) is 0 Å². The zero-order valence-corrected chi connectivity index (χ0v) is 16.6. The number of aryl methyl sites for hydroxylation is 1. The molecule has 1 aliphatic rings. The largest absolute Gasteiger partial charge is 0.478 e. The summed E-state index contributed by atoms with van der Waals surface area (Å²) in [7, 11) is 0. The van der Waals surface area contributed by atoms with Crippen molar-refractivity contribution in [3.05, 3.63) is 70.4 Å². The van der Waals surface area contributed by atoms with E-state index in [9.17, 15) is 9.90 Å². The fraction of sp³-hybridized carbons (Fsp3) is 0.227. The molecule has 0 fully saturated rings. The lowest BCUT2D eigenvalue weighted by Gasteiger charge is -2.20. The molecule has 1 aliphatic heterocycles. The molecular weight excluding hydrogens is 378 g/mol. The highest BCUT2D eigenvalue weighted by molar-refractivity contribution is 7.98. The molecule has 0 atom stereocenters. The molecule has 4 rings (SSSR count). The van der Waals surface area contributed by atoms with E-state index in [1.807, 2.05) is 24.3 Å². The van der Waals surface area contributed by atoms with E-state index in [1.54, 1.807) is 11.8 Å². The van der Waals surface area contributed by atoms with Crippen LogP contribution in [0.1, 0.15) is 29.7 Å². The molecule has 0 bridgehead atoms. The van der Waals surface area contributed by atoms with E-state index < -0.39 is 5.97 Å². The summed E-state index contributed by atoms with van der Waals surface area (Å²) in [6, 6.07) is 14.3. The Bertz CT molecular complexity index is 1050. The highest BCUT2D eigenvalue weighted by atomic mass is 35.5. The van der Waals surface area contributed by atoms with Gasteiger partial charge in [-0.15, -0.1) is 11.8 Å². The minimum absolute atomic E-state index is 0.721. The minimum Gasteiger partial charge on any atom is -0.478 e. The van der Waals surface area contributed by atoms with Gasteiger partial charge in [-0.2, -0.15) is 0 Å². The van der Waals surface area contributed by atoms with Gasteiger partial charge >= 0.3 is 5.97 Å². The fourth-order valence-electron chi connectivity index (χ4n) is 4.03. The molecule has 0 spiro atoms. The molecule has 0 unspecified atom stereocenters. The summed E-state index contributed by atoms with van der Waals surface area (Å²) >= 11 is 7.78. The fourth-order valence-corrected chi connectivity index (χ4v) is 4.81. The van der Waals surface area contributed by atoms with Crippen LogP contribution < -0.4 is 0 Å². The van der Waals surface area contributed by atoms with E-state index >= 15 is 0 Å². The van der Waals surface area contributed by atoms with E-state index in [0.29, 0.717) is 0 Å². The zero-order valence-electron chi connectivity index (χ0n) is 15.0. The number of aliphatic carboxylic acids is 1. The predicted molar refractivity (Wildman–Crippen MR) is 113 cm³/mol. The van der Waals surface area contributed by atoms with Crippen LogP contribution in [-0.2, 0) is 17.8 Å². The number of thioether (sulfide) groups is 1. The Kier molecular flexibility index (Phi) is 5.02. The van der Waals surface area contributed by atoms with Crippen molar-refractivity contribution in [2.75, 3.05) is 6.26 Å². The Morgan fingerprint density at radius 1 is 1.26 bits per heavy atom. The van der Waals surface area contributed by atoms with E-state index in [1.165, 1.54) is 33.0 Å². The van der Waals surface area contributed by atoms with Crippen molar-refractivity contribution in [2.45, 2.75) is 30.7 Å². The molecule has 0 saturated heterocycles. The molecule has 2 aromatic carbocycles. The topological polar surface area (TPSA) is 42.2 Å². The molecule has 0 saturated carbocycles. The monoisotopic (exact) mass is 397 g/mol. The maximum Gasteiger partial charge on any atom is 0.328 e. The molecule has 3 nitrogen and oxygen atoms in total. The van der Waals surface area contributed by atoms with Crippen LogP contribution in [0.3, 0.4) is 0 Å². The Hall–Kier alpha value is -2.17. The summed E-state index contributed by atoms with van der Waals surface area (Å²) in [6.07, 6.45) is 5.98. The van der Waals surface area contributed by atoms with Crippen LogP contribution in [0.5, 0.6) is 0 Å². The molecule has 1 N–H and O–H groups in total. The first-order valence-electron chi connectivity index (χ1n) is 8.95. The number of halogens is 1. The second-order valence-corrected chi connectivity index (χ2v) is 8.03. The Morgan fingerprint density at radius 3 is 2.74 bits per heavy atom. The third-order valence-corrected chi connectivity index (χ3v) is 6.13. The first-order chi connectivity index (χ1) is 13.1. The number of carbonyl (C=O) groups is 1. The Balaban J connectivity index is 1.99. The number of hydrogen-bond acceptors (Lipinski definition) is 2. The molecule has 2 heterocycles. The highest BCUT2D eigenvalue weighted by Gasteiger charge is 2.25. The number of nitrogens with zero attached hydrogens (tertiary/aromatic N) is 1. The van der Waals surface area contributed by atoms with Gasteiger partial charge in [0.25, 0.3) is 0 Å². The summed E-state index contributed by atoms with van der Waals surface area (Å²) in [5.41, 5.74) is 5.57. The number of benzene rings is 2. The average molecular weight is 398 g/mol. The van der Waals surface area contributed by atoms with Gasteiger partial charge in [-0.1, -0.05) is 29.8 Å². The summed E-state index contributed by atoms with van der Waals surface area (Å²) < 4.78 is 2.30. The number of hydrogen-bond donors (Lipinski definition) is 1. The smallest absolute Gasteiger partial charge is 0.328 e. The van der Waals surface area contributed by atoms with Gasteiger partial charge in [-0.25, -0.2) is 4.79 Å². The molecule has 27 heavy (non-hydrogen) atoms. The van der Waals surface area contributed by atoms with E-state index in [0.717, 1.165) is 42.1 Å². The van der Waals surface area contributed by atoms with Gasteiger partial charge in [0.2, 0.25) is 0 Å². The lowest BCUT2D eigenvalue weighted by atomic mass is 9.95. The summed E-state index contributed by atoms with van der Waals surface area (Å²) in [4.78, 5) is 12.6. The lowest BCUT2D eigenvalue weighted by molar-refractivity contribution is -0.131. The molecule has 0 radical (unpaired) electrons. The van der Waals surface area contributed by atoms with Crippen molar-refractivity contribution < 1.29 is 9.90 Å². The molecule has 1 aromatic heterocycles. The van der Waals surface area contributed by atoms with Gasteiger partial charge in [0, 0.05) is 45.6 Å². The number of allylic oxidation sites excluding steroid dienone is 1. The summed E-state index contributed by atoms with van der Waals surface area (Å²) in [6.45, 7) is 0.918. The molecule has 3 aromatic rings. The second kappa shape index (κ2) is 7.45. The van der Waals surface area contributed by atoms with Crippen molar-refractivity contribution in [2.24, 2.45) is 0 Å². The minimum atomic E-state index is -0.883. The lowest BCUT2D eigenvalue weighted by Crippen LogP contribution is -2.11. The molecule has 0 aliphatic carbocycles. The average Bonchev–Trinajstić information content (AvgIpc) is 2.98. The maximum atomic E-state index is 11.4. The van der Waals surface area contributed by atoms with E-state index in [4.69, 9.17) is 11.6 Å². The quantitative estimate of drug-likeness (QED) is 0.442. The van der Waals surface area contributed by atoms with Crippen LogP contribution >= 0.6 is 23.4 Å². The maximum absolute atomic E-state index is 11.4. The normalized spacial score (nSPS) is 15.3. The highest BCUT2D eigenvalue weighted by Crippen LogP contribution is 2.41. The van der Waals surface area contributed by atoms with Crippen LogP contribution in [0.15, 0.2) is 53.4 Å². The second-order valence-electron chi connectivity index (χ2n) is 6.75. The van der Waals surface area contributed by atoms with Crippen molar-refractivity contribution >= 4 is 45.8 Å². The van der Waals surface area contributed by atoms with Gasteiger partial charge in [0.15, 0.2) is 0 Å². The van der Waals surface area contributed by atoms with Gasteiger partial charge in [0.05, 0.1) is 0 Å². The van der Waals surface area contributed by atoms with Crippen molar-refractivity contribution in [1.82, 2.24) is 4.57 Å². The van der Waals surface area contributed by atoms with Crippen molar-refractivity contribution in [3.8, 4) is 0 Å². The summed E-state index contributed by atoms with van der Waals surface area (Å²) in [5.74, 6) is -0.883. The Morgan fingerprint density at radius 2 is 2.04 bits per heavy atom. The number of fused-ring (bicyclic) bond motifs is 3. The van der Waals surface area contributed by atoms with E-state index in [-0.39, 0.29) is 0 Å². The number of aromatic nitrogens is 1. The Labute approximate surface area is 167 Å². The van der Waals surface area contributed by atoms with Crippen LogP contribution in [-0.4, -0.2) is 21.9 Å². The SMILES string of the molecule is CSc1cccc2c1c(Cc1ccc(Cl)cc1)c1n2CCC/C1=C\C(=O)O. The van der Waals surface area contributed by atoms with Gasteiger partial charge in [0.1, 0.15) is 0 Å². The van der Waals surface area contributed by atoms with Crippen LogP contribution in [0.2, 0.25) is 5.02 Å². The van der Waals surface area contributed by atoms with Crippen LogP contribution in [0.25, 0.3) is 16.5 Å². The van der Waals surface area contributed by atoms with Crippen LogP contribution in [0.4, 0.5) is 0 Å². The first-order valence-corrected chi connectivity index (χ1v) is 10.5. The number of carboxylic acid groups (broad SMARTS) is 1. The third-order valence-electron chi connectivity index (χ3n) is 5.10. The molecule has 5 heteroatoms. The molecule has 0 amide bonds. The van der Waals surface area contributed by atoms with Gasteiger partial charge in [-0.3, -0.25) is 0 Å². The number of carboxylic acids is 1.